The van der Waals surface area contributed by atoms with E-state index in [-0.39, 0.29) is 18.4 Å². The number of amides is 2. The number of carbonyl (C=O) groups is 2. The number of piperazine rings is 1. The Morgan fingerprint density at radius 2 is 1.67 bits per heavy atom. The van der Waals surface area contributed by atoms with Crippen molar-refractivity contribution in [1.82, 2.24) is 4.90 Å². The maximum atomic E-state index is 12.2. The van der Waals surface area contributed by atoms with Gasteiger partial charge in [0.25, 0.3) is 5.91 Å². The summed E-state index contributed by atoms with van der Waals surface area (Å²) in [4.78, 5) is 28.5. The quantitative estimate of drug-likeness (QED) is 0.683. The molecule has 0 bridgehead atoms. The highest BCUT2D eigenvalue weighted by Crippen LogP contribution is 2.20. The average molecular weight is 430 g/mol. The number of nitrogens with zero attached hydrogens (tertiary/aromatic N) is 2. The predicted octanol–water partition coefficient (Wildman–Crippen LogP) is 4.20. The van der Waals surface area contributed by atoms with E-state index in [4.69, 9.17) is 16.3 Å². The largest absolute Gasteiger partial charge is 0.484 e. The van der Waals surface area contributed by atoms with Gasteiger partial charge in [-0.25, -0.2) is 0 Å². The van der Waals surface area contributed by atoms with E-state index in [0.29, 0.717) is 17.2 Å². The van der Waals surface area contributed by atoms with Gasteiger partial charge in [0.05, 0.1) is 0 Å². The fourth-order valence-electron chi connectivity index (χ4n) is 3.33. The number of nitrogens with one attached hydrogen (secondary N) is 1. The lowest BCUT2D eigenvalue weighted by atomic mass is 10.2. The van der Waals surface area contributed by atoms with Crippen LogP contribution in [0, 0.1) is 0 Å². The standard InChI is InChI=1S/C23H28ClN3O3/c1-2-3-4-23(29)27-15-13-26(14-16-27)20-9-7-19(8-10-20)25-22(28)17-30-21-11-5-18(24)6-12-21/h5-12H,2-4,13-17H2,1H3,(H,25,28). The van der Waals surface area contributed by atoms with Crippen LogP contribution >= 0.6 is 11.6 Å². The number of carbonyl (C=O) groups excluding carboxylic acids is 2. The van der Waals surface area contributed by atoms with E-state index in [2.05, 4.69) is 17.1 Å². The molecular formula is C23H28ClN3O3. The third-order valence-corrected chi connectivity index (χ3v) is 5.33. The Bertz CT molecular complexity index is 832. The normalized spacial score (nSPS) is 13.8. The first-order chi connectivity index (χ1) is 14.5. The third kappa shape index (κ3) is 6.39. The predicted molar refractivity (Wildman–Crippen MR) is 120 cm³/mol. The van der Waals surface area contributed by atoms with Crippen LogP contribution in [-0.2, 0) is 9.59 Å². The molecular weight excluding hydrogens is 402 g/mol. The summed E-state index contributed by atoms with van der Waals surface area (Å²) < 4.78 is 5.46. The van der Waals surface area contributed by atoms with Crippen LogP contribution in [0.3, 0.4) is 0 Å². The molecule has 0 aliphatic carbocycles. The number of rotatable bonds is 8. The first-order valence-electron chi connectivity index (χ1n) is 10.4. The van der Waals surface area contributed by atoms with Crippen molar-refractivity contribution < 1.29 is 14.3 Å². The van der Waals surface area contributed by atoms with Gasteiger partial charge < -0.3 is 19.9 Å². The third-order valence-electron chi connectivity index (χ3n) is 5.08. The molecule has 2 amide bonds. The molecule has 1 aliphatic rings. The molecule has 6 nitrogen and oxygen atoms in total. The van der Waals surface area contributed by atoms with Crippen molar-refractivity contribution in [3.63, 3.8) is 0 Å². The van der Waals surface area contributed by atoms with E-state index >= 15 is 0 Å². The van der Waals surface area contributed by atoms with Gasteiger partial charge in [0, 0.05) is 49.0 Å². The molecule has 1 heterocycles. The lowest BCUT2D eigenvalue weighted by Gasteiger charge is -2.36. The van der Waals surface area contributed by atoms with Gasteiger partial charge in [-0.2, -0.15) is 0 Å². The van der Waals surface area contributed by atoms with E-state index in [1.165, 1.54) is 0 Å². The number of hydrogen-bond donors (Lipinski definition) is 1. The van der Waals surface area contributed by atoms with E-state index in [9.17, 15) is 9.59 Å². The van der Waals surface area contributed by atoms with Crippen molar-refractivity contribution in [3.8, 4) is 5.75 Å². The van der Waals surface area contributed by atoms with E-state index in [0.717, 1.165) is 50.4 Å². The molecule has 7 heteroatoms. The lowest BCUT2D eigenvalue weighted by Crippen LogP contribution is -2.48. The second kappa shape index (κ2) is 10.9. The maximum Gasteiger partial charge on any atom is 0.262 e. The molecule has 30 heavy (non-hydrogen) atoms. The Morgan fingerprint density at radius 1 is 1.00 bits per heavy atom. The molecule has 1 saturated heterocycles. The summed E-state index contributed by atoms with van der Waals surface area (Å²) in [5.74, 6) is 0.629. The Labute approximate surface area is 182 Å². The van der Waals surface area contributed by atoms with Crippen LogP contribution in [0.25, 0.3) is 0 Å². The van der Waals surface area contributed by atoms with E-state index < -0.39 is 0 Å². The van der Waals surface area contributed by atoms with Crippen LogP contribution in [0.2, 0.25) is 5.02 Å². The Hall–Kier alpha value is -2.73. The molecule has 160 valence electrons. The van der Waals surface area contributed by atoms with Crippen molar-refractivity contribution in [2.45, 2.75) is 26.2 Å². The van der Waals surface area contributed by atoms with Crippen LogP contribution in [0.1, 0.15) is 26.2 Å². The van der Waals surface area contributed by atoms with Crippen molar-refractivity contribution in [2.75, 3.05) is 43.0 Å². The van der Waals surface area contributed by atoms with Gasteiger partial charge in [0.1, 0.15) is 5.75 Å². The van der Waals surface area contributed by atoms with E-state index in [1.54, 1.807) is 24.3 Å². The van der Waals surface area contributed by atoms with Gasteiger partial charge in [-0.15, -0.1) is 0 Å². The smallest absolute Gasteiger partial charge is 0.262 e. The molecule has 1 N–H and O–H groups in total. The highest BCUT2D eigenvalue weighted by molar-refractivity contribution is 6.30. The minimum Gasteiger partial charge on any atom is -0.484 e. The number of ether oxygens (including phenoxy) is 1. The van der Waals surface area contributed by atoms with Crippen molar-refractivity contribution in [1.29, 1.82) is 0 Å². The van der Waals surface area contributed by atoms with Crippen molar-refractivity contribution >= 4 is 34.8 Å². The van der Waals surface area contributed by atoms with Crippen LogP contribution < -0.4 is 15.0 Å². The summed E-state index contributed by atoms with van der Waals surface area (Å²) >= 11 is 5.83. The fraction of sp³-hybridized carbons (Fsp3) is 0.391. The molecule has 2 aromatic carbocycles. The van der Waals surface area contributed by atoms with Crippen LogP contribution in [0.4, 0.5) is 11.4 Å². The Balaban J connectivity index is 1.44. The van der Waals surface area contributed by atoms with Gasteiger partial charge >= 0.3 is 0 Å². The second-order valence-corrected chi connectivity index (χ2v) is 7.75. The van der Waals surface area contributed by atoms with Gasteiger partial charge in [-0.05, 0) is 55.0 Å². The number of unbranched alkanes of at least 4 members (excludes halogenated alkanes) is 1. The molecule has 0 unspecified atom stereocenters. The summed E-state index contributed by atoms with van der Waals surface area (Å²) in [5.41, 5.74) is 1.81. The first-order valence-corrected chi connectivity index (χ1v) is 10.7. The zero-order valence-corrected chi connectivity index (χ0v) is 18.0. The van der Waals surface area contributed by atoms with Gasteiger partial charge in [-0.3, -0.25) is 9.59 Å². The monoisotopic (exact) mass is 429 g/mol. The van der Waals surface area contributed by atoms with Crippen LogP contribution in [-0.4, -0.2) is 49.5 Å². The number of anilines is 2. The highest BCUT2D eigenvalue weighted by atomic mass is 35.5. The second-order valence-electron chi connectivity index (χ2n) is 7.31. The first kappa shape index (κ1) is 22.0. The maximum absolute atomic E-state index is 12.2. The number of benzene rings is 2. The summed E-state index contributed by atoms with van der Waals surface area (Å²) in [6.45, 7) is 5.17. The van der Waals surface area contributed by atoms with Crippen molar-refractivity contribution in [3.05, 3.63) is 53.6 Å². The fourth-order valence-corrected chi connectivity index (χ4v) is 3.46. The minimum atomic E-state index is -0.225. The Kier molecular flexibility index (Phi) is 7.97. The number of hydrogen-bond acceptors (Lipinski definition) is 4. The Morgan fingerprint density at radius 3 is 2.30 bits per heavy atom. The zero-order chi connectivity index (χ0) is 21.3. The van der Waals surface area contributed by atoms with Gasteiger partial charge in [0.2, 0.25) is 5.91 Å². The molecule has 0 saturated carbocycles. The average Bonchev–Trinajstić information content (AvgIpc) is 2.78. The molecule has 0 radical (unpaired) electrons. The van der Waals surface area contributed by atoms with E-state index in [1.807, 2.05) is 29.2 Å². The summed E-state index contributed by atoms with van der Waals surface area (Å²) in [6.07, 6.45) is 2.64. The van der Waals surface area contributed by atoms with Gasteiger partial charge in [0.15, 0.2) is 6.61 Å². The molecule has 0 aromatic heterocycles. The molecule has 2 aromatic rings. The topological polar surface area (TPSA) is 61.9 Å². The summed E-state index contributed by atoms with van der Waals surface area (Å²) in [5, 5.41) is 3.46. The van der Waals surface area contributed by atoms with Crippen molar-refractivity contribution in [2.24, 2.45) is 0 Å². The molecule has 1 aliphatic heterocycles. The highest BCUT2D eigenvalue weighted by Gasteiger charge is 2.20. The number of halogens is 1. The SMILES string of the molecule is CCCCC(=O)N1CCN(c2ccc(NC(=O)COc3ccc(Cl)cc3)cc2)CC1. The molecule has 0 atom stereocenters. The van der Waals surface area contributed by atoms with Crippen LogP contribution in [0.15, 0.2) is 48.5 Å². The summed E-state index contributed by atoms with van der Waals surface area (Å²) in [7, 11) is 0. The van der Waals surface area contributed by atoms with Gasteiger partial charge in [-0.1, -0.05) is 24.9 Å². The lowest BCUT2D eigenvalue weighted by molar-refractivity contribution is -0.131. The van der Waals surface area contributed by atoms with Crippen LogP contribution in [0.5, 0.6) is 5.75 Å². The minimum absolute atomic E-state index is 0.0720. The molecule has 3 rings (SSSR count). The molecule has 0 spiro atoms. The summed E-state index contributed by atoms with van der Waals surface area (Å²) in [6, 6.07) is 14.6. The molecule has 1 fully saturated rings. The zero-order valence-electron chi connectivity index (χ0n) is 17.3.